The van der Waals surface area contributed by atoms with Gasteiger partial charge in [-0.15, -0.1) is 0 Å². The second-order valence-corrected chi connectivity index (χ2v) is 9.04. The molecule has 2 fully saturated rings. The molecule has 0 aliphatic carbocycles. The molecule has 9 heteroatoms. The molecule has 1 N–H and O–H groups in total. The number of ether oxygens (including phenoxy) is 2. The molecule has 2 aliphatic heterocycles. The lowest BCUT2D eigenvalue weighted by molar-refractivity contribution is -0.908. The number of hydrogen-bond acceptors (Lipinski definition) is 6. The maximum absolute atomic E-state index is 14.6. The molecule has 0 bridgehead atoms. The van der Waals surface area contributed by atoms with Crippen molar-refractivity contribution in [1.82, 2.24) is 9.88 Å². The van der Waals surface area contributed by atoms with Crippen LogP contribution >= 0.6 is 0 Å². The van der Waals surface area contributed by atoms with E-state index in [1.807, 2.05) is 0 Å². The number of benzene rings is 1. The van der Waals surface area contributed by atoms with E-state index in [-0.39, 0.29) is 23.0 Å². The first kappa shape index (κ1) is 24.8. The summed E-state index contributed by atoms with van der Waals surface area (Å²) in [5.41, 5.74) is 0.371. The van der Waals surface area contributed by atoms with E-state index in [0.29, 0.717) is 31.7 Å². The van der Waals surface area contributed by atoms with Gasteiger partial charge in [-0.25, -0.2) is 4.39 Å². The van der Waals surface area contributed by atoms with Gasteiger partial charge in [-0.2, -0.15) is 0 Å². The first-order valence-corrected chi connectivity index (χ1v) is 11.9. The minimum atomic E-state index is -0.870. The largest absolute Gasteiger partial charge is 0.872 e. The maximum Gasteiger partial charge on any atom is 0.295 e. The number of quaternary nitrogens is 1. The van der Waals surface area contributed by atoms with Crippen LogP contribution in [0.4, 0.5) is 4.39 Å². The van der Waals surface area contributed by atoms with Crippen molar-refractivity contribution in [3.63, 3.8) is 0 Å². The fourth-order valence-electron chi connectivity index (χ4n) is 4.54. The fourth-order valence-corrected chi connectivity index (χ4v) is 4.54. The van der Waals surface area contributed by atoms with Crippen molar-refractivity contribution in [1.29, 1.82) is 0 Å². The zero-order valence-corrected chi connectivity index (χ0v) is 20.0. The van der Waals surface area contributed by atoms with Crippen molar-refractivity contribution < 1.29 is 33.5 Å². The summed E-state index contributed by atoms with van der Waals surface area (Å²) < 4.78 is 25.4. The summed E-state index contributed by atoms with van der Waals surface area (Å²) >= 11 is 0. The summed E-state index contributed by atoms with van der Waals surface area (Å²) in [4.78, 5) is 33.0. The van der Waals surface area contributed by atoms with E-state index in [9.17, 15) is 19.1 Å². The van der Waals surface area contributed by atoms with Gasteiger partial charge in [-0.05, 0) is 43.2 Å². The van der Waals surface area contributed by atoms with Gasteiger partial charge in [0, 0.05) is 30.9 Å². The third-order valence-electron chi connectivity index (χ3n) is 6.22. The highest BCUT2D eigenvalue weighted by molar-refractivity contribution is 6.46. The van der Waals surface area contributed by atoms with E-state index in [1.165, 1.54) is 21.9 Å². The van der Waals surface area contributed by atoms with E-state index in [4.69, 9.17) is 9.47 Å². The van der Waals surface area contributed by atoms with E-state index in [0.717, 1.165) is 25.7 Å². The summed E-state index contributed by atoms with van der Waals surface area (Å²) in [7, 11) is 0. The van der Waals surface area contributed by atoms with Gasteiger partial charge in [0.25, 0.3) is 5.91 Å². The number of morpholine rings is 1. The number of nitrogens with one attached hydrogen (secondary N) is 1. The van der Waals surface area contributed by atoms with E-state index in [2.05, 4.69) is 4.98 Å². The zero-order valence-electron chi connectivity index (χ0n) is 20.0. The number of hydrogen-bond donors (Lipinski definition) is 1. The first-order valence-electron chi connectivity index (χ1n) is 11.9. The predicted octanol–water partition coefficient (Wildman–Crippen LogP) is 0.537. The van der Waals surface area contributed by atoms with E-state index in [1.54, 1.807) is 38.4 Å². The number of pyridine rings is 1. The van der Waals surface area contributed by atoms with Crippen molar-refractivity contribution in [2.75, 3.05) is 39.4 Å². The number of amides is 1. The lowest BCUT2D eigenvalue weighted by atomic mass is 9.96. The van der Waals surface area contributed by atoms with Crippen LogP contribution in [0, 0.1) is 5.82 Å². The Kier molecular flexibility index (Phi) is 7.77. The molecule has 1 aromatic heterocycles. The molecule has 4 rings (SSSR count). The lowest BCUT2D eigenvalue weighted by Gasteiger charge is -2.28. The van der Waals surface area contributed by atoms with Crippen LogP contribution in [0.1, 0.15) is 37.4 Å². The predicted molar refractivity (Wildman–Crippen MR) is 124 cm³/mol. The zero-order chi connectivity index (χ0) is 24.9. The number of Topliss-reactive ketones (excluding diaryl/α,β-unsaturated/α-hetero) is 1. The Labute approximate surface area is 204 Å². The molecule has 1 amide bonds. The van der Waals surface area contributed by atoms with Crippen molar-refractivity contribution in [3.8, 4) is 5.75 Å². The van der Waals surface area contributed by atoms with Gasteiger partial charge in [0.2, 0.25) is 5.78 Å². The van der Waals surface area contributed by atoms with Gasteiger partial charge in [-0.3, -0.25) is 14.6 Å². The number of halogens is 1. The minimum absolute atomic E-state index is 0.0109. The smallest absolute Gasteiger partial charge is 0.295 e. The summed E-state index contributed by atoms with van der Waals surface area (Å²) in [6.07, 6.45) is 3.56. The average molecular weight is 484 g/mol. The number of rotatable bonds is 8. The molecule has 35 heavy (non-hydrogen) atoms. The van der Waals surface area contributed by atoms with Crippen molar-refractivity contribution in [2.45, 2.75) is 32.4 Å². The third-order valence-corrected chi connectivity index (χ3v) is 6.22. The van der Waals surface area contributed by atoms with E-state index >= 15 is 0 Å². The molecule has 1 atom stereocenters. The molecule has 0 saturated carbocycles. The molecular weight excluding hydrogens is 453 g/mol. The molecular formula is C26H30FN3O5. The molecule has 0 spiro atoms. The number of carbonyl (C=O) groups excluding carboxylic acids is 2. The van der Waals surface area contributed by atoms with Crippen molar-refractivity contribution >= 4 is 17.4 Å². The monoisotopic (exact) mass is 483 g/mol. The number of carbonyl (C=O) groups is 2. The van der Waals surface area contributed by atoms with Gasteiger partial charge in [-0.1, -0.05) is 17.9 Å². The Hall–Kier alpha value is -3.30. The van der Waals surface area contributed by atoms with Crippen LogP contribution in [0.2, 0.25) is 0 Å². The van der Waals surface area contributed by atoms with Crippen LogP contribution in [0.25, 0.3) is 5.76 Å². The SMILES string of the molecule is CC(C)Oc1ccc(C([O-])=C2C(=O)C(=O)N(CCC[NH+]3CCOCC3)C2c2cccnc2)cc1F. The Morgan fingerprint density at radius 2 is 2.06 bits per heavy atom. The highest BCUT2D eigenvalue weighted by Gasteiger charge is 2.44. The molecule has 0 radical (unpaired) electrons. The van der Waals surface area contributed by atoms with Crippen LogP contribution in [0.15, 0.2) is 48.3 Å². The highest BCUT2D eigenvalue weighted by atomic mass is 19.1. The Morgan fingerprint density at radius 3 is 2.71 bits per heavy atom. The average Bonchev–Trinajstić information content (AvgIpc) is 3.11. The van der Waals surface area contributed by atoms with Crippen LogP contribution in [-0.4, -0.2) is 67.1 Å². The summed E-state index contributed by atoms with van der Waals surface area (Å²) in [6.45, 7) is 7.90. The Morgan fingerprint density at radius 1 is 1.29 bits per heavy atom. The standard InChI is InChI=1S/C26H30FN3O5/c1-17(2)35-21-7-6-18(15-20(21)27)24(31)22-23(19-5-3-8-28-16-19)30(26(33)25(22)32)10-4-9-29-11-13-34-14-12-29/h3,5-8,15-17,23,31H,4,9-14H2,1-2H3. The summed E-state index contributed by atoms with van der Waals surface area (Å²) in [5, 5.41) is 13.5. The Balaban J connectivity index is 1.65. The minimum Gasteiger partial charge on any atom is -0.872 e. The quantitative estimate of drug-likeness (QED) is 0.335. The van der Waals surface area contributed by atoms with Crippen LogP contribution in [-0.2, 0) is 14.3 Å². The van der Waals surface area contributed by atoms with Gasteiger partial charge >= 0.3 is 0 Å². The van der Waals surface area contributed by atoms with Crippen LogP contribution < -0.4 is 14.7 Å². The number of ketones is 1. The molecule has 1 aromatic carbocycles. The molecule has 2 saturated heterocycles. The number of aromatic nitrogens is 1. The normalized spacial score (nSPS) is 20.6. The fraction of sp³-hybridized carbons (Fsp3) is 0.423. The molecule has 186 valence electrons. The number of likely N-dealkylation sites (tertiary alicyclic amines) is 1. The van der Waals surface area contributed by atoms with Crippen molar-refractivity contribution in [3.05, 3.63) is 65.2 Å². The Bertz CT molecular complexity index is 1100. The highest BCUT2D eigenvalue weighted by Crippen LogP contribution is 2.38. The molecule has 2 aliphatic rings. The van der Waals surface area contributed by atoms with E-state index < -0.39 is 29.3 Å². The second kappa shape index (κ2) is 11.0. The van der Waals surface area contributed by atoms with Crippen molar-refractivity contribution in [2.24, 2.45) is 0 Å². The third kappa shape index (κ3) is 5.52. The summed E-state index contributed by atoms with van der Waals surface area (Å²) in [5.74, 6) is -2.94. The maximum atomic E-state index is 14.6. The molecule has 2 aromatic rings. The topological polar surface area (TPSA) is 96.2 Å². The van der Waals surface area contributed by atoms with Gasteiger partial charge in [0.05, 0.1) is 31.9 Å². The number of nitrogens with zero attached hydrogens (tertiary/aromatic N) is 2. The lowest BCUT2D eigenvalue weighted by Crippen LogP contribution is -3.14. The molecule has 3 heterocycles. The summed E-state index contributed by atoms with van der Waals surface area (Å²) in [6, 6.07) is 6.39. The van der Waals surface area contributed by atoms with Gasteiger partial charge < -0.3 is 24.4 Å². The van der Waals surface area contributed by atoms with Gasteiger partial charge in [0.15, 0.2) is 11.6 Å². The second-order valence-electron chi connectivity index (χ2n) is 9.04. The van der Waals surface area contributed by atoms with Crippen LogP contribution in [0.3, 0.4) is 0 Å². The van der Waals surface area contributed by atoms with Gasteiger partial charge in [0.1, 0.15) is 13.1 Å². The first-order chi connectivity index (χ1) is 16.9. The van der Waals surface area contributed by atoms with Crippen LogP contribution in [0.5, 0.6) is 5.75 Å². The molecule has 8 nitrogen and oxygen atoms in total. The molecule has 1 unspecified atom stereocenters.